The number of fused-ring (bicyclic) bond motifs is 1. The number of unbranched alkanes of at least 4 members (excludes halogenated alkanes) is 1. The molecule has 33 heavy (non-hydrogen) atoms. The van der Waals surface area contributed by atoms with Crippen LogP contribution in [0.3, 0.4) is 0 Å². The van der Waals surface area contributed by atoms with Crippen molar-refractivity contribution < 1.29 is 17.9 Å². The number of ether oxygens (including phenoxy) is 1. The van der Waals surface area contributed by atoms with Crippen LogP contribution in [-0.2, 0) is 39.8 Å². The van der Waals surface area contributed by atoms with E-state index < -0.39 is 33.8 Å². The Morgan fingerprint density at radius 1 is 1.24 bits per heavy atom. The Hall–Kier alpha value is -3.41. The van der Waals surface area contributed by atoms with Gasteiger partial charge in [0.15, 0.2) is 11.2 Å². The van der Waals surface area contributed by atoms with Gasteiger partial charge in [-0.15, -0.1) is 0 Å². The van der Waals surface area contributed by atoms with Gasteiger partial charge < -0.3 is 9.30 Å². The Balaban J connectivity index is 1.85. The van der Waals surface area contributed by atoms with Crippen LogP contribution in [0.4, 0.5) is 5.69 Å². The highest BCUT2D eigenvalue weighted by Gasteiger charge is 2.24. The highest BCUT2D eigenvalue weighted by Crippen LogP contribution is 2.22. The number of sulfonamides is 1. The maximum absolute atomic E-state index is 12.5. The molecule has 0 spiro atoms. The van der Waals surface area contributed by atoms with E-state index in [4.69, 9.17) is 4.74 Å². The molecule has 0 saturated heterocycles. The third-order valence-corrected chi connectivity index (χ3v) is 6.39. The second-order valence-corrected chi connectivity index (χ2v) is 9.65. The molecule has 178 valence electrons. The van der Waals surface area contributed by atoms with Gasteiger partial charge in [-0.1, -0.05) is 31.5 Å². The van der Waals surface area contributed by atoms with E-state index >= 15 is 0 Å². The van der Waals surface area contributed by atoms with Gasteiger partial charge in [-0.25, -0.2) is 18.2 Å². The molecule has 3 rings (SSSR count). The van der Waals surface area contributed by atoms with E-state index in [1.165, 1.54) is 9.13 Å². The third-order valence-electron chi connectivity index (χ3n) is 5.26. The van der Waals surface area contributed by atoms with Gasteiger partial charge in [0.1, 0.15) is 19.0 Å². The predicted molar refractivity (Wildman–Crippen MR) is 124 cm³/mol. The summed E-state index contributed by atoms with van der Waals surface area (Å²) < 4.78 is 33.7. The molecule has 11 nitrogen and oxygen atoms in total. The standard InChI is InChI=1S/C21H27N5O6S/c1-5-6-11-25-19-18(20(28)23-21(25)29)24(3)16(22-19)13-32-17(27)12-26(33(4,30)31)15-10-8-7-9-14(15)2/h7-10H,5-6,11-13H2,1-4H3,(H,23,28,29). The summed E-state index contributed by atoms with van der Waals surface area (Å²) in [4.78, 5) is 43.7. The van der Waals surface area contributed by atoms with Crippen molar-refractivity contribution in [2.24, 2.45) is 7.05 Å². The summed E-state index contributed by atoms with van der Waals surface area (Å²) in [5.74, 6) is -0.533. The topological polar surface area (TPSA) is 136 Å². The first-order chi connectivity index (χ1) is 15.5. The Morgan fingerprint density at radius 3 is 2.58 bits per heavy atom. The Bertz CT molecular complexity index is 1400. The smallest absolute Gasteiger partial charge is 0.330 e. The average Bonchev–Trinajstić information content (AvgIpc) is 3.07. The summed E-state index contributed by atoms with van der Waals surface area (Å²) in [6, 6.07) is 6.80. The Labute approximate surface area is 190 Å². The maximum Gasteiger partial charge on any atom is 0.330 e. The number of nitrogens with zero attached hydrogens (tertiary/aromatic N) is 4. The highest BCUT2D eigenvalue weighted by molar-refractivity contribution is 7.92. The molecule has 0 fully saturated rings. The number of aromatic nitrogens is 4. The van der Waals surface area contributed by atoms with E-state index in [1.54, 1.807) is 38.2 Å². The number of aromatic amines is 1. The number of hydrogen-bond donors (Lipinski definition) is 1. The lowest BCUT2D eigenvalue weighted by molar-refractivity contribution is -0.143. The fourth-order valence-corrected chi connectivity index (χ4v) is 4.38. The monoisotopic (exact) mass is 477 g/mol. The first kappa shape index (κ1) is 24.2. The van der Waals surface area contributed by atoms with Crippen LogP contribution >= 0.6 is 0 Å². The number of imidazole rings is 1. The first-order valence-corrected chi connectivity index (χ1v) is 12.3. The molecule has 0 amide bonds. The molecule has 0 unspecified atom stereocenters. The molecule has 0 radical (unpaired) electrons. The average molecular weight is 478 g/mol. The van der Waals surface area contributed by atoms with Crippen LogP contribution < -0.4 is 15.6 Å². The number of aryl methyl sites for hydroxylation is 3. The van der Waals surface area contributed by atoms with Crippen LogP contribution in [0.25, 0.3) is 11.2 Å². The highest BCUT2D eigenvalue weighted by atomic mass is 32.2. The van der Waals surface area contributed by atoms with Gasteiger partial charge in [-0.05, 0) is 25.0 Å². The van der Waals surface area contributed by atoms with Crippen LogP contribution in [0, 0.1) is 6.92 Å². The fraction of sp³-hybridized carbons (Fsp3) is 0.429. The summed E-state index contributed by atoms with van der Waals surface area (Å²) in [5, 5.41) is 0. The predicted octanol–water partition coefficient (Wildman–Crippen LogP) is 1.04. The van der Waals surface area contributed by atoms with Gasteiger partial charge in [-0.3, -0.25) is 23.4 Å². The van der Waals surface area contributed by atoms with Crippen molar-refractivity contribution in [3.8, 4) is 0 Å². The minimum absolute atomic E-state index is 0.189. The molecule has 0 atom stereocenters. The van der Waals surface area contributed by atoms with Crippen molar-refractivity contribution in [1.82, 2.24) is 19.1 Å². The fourth-order valence-electron chi connectivity index (χ4n) is 3.48. The number of carbonyl (C=O) groups excluding carboxylic acids is 1. The van der Waals surface area contributed by atoms with Gasteiger partial charge in [-0.2, -0.15) is 0 Å². The van der Waals surface area contributed by atoms with E-state index in [9.17, 15) is 22.8 Å². The van der Waals surface area contributed by atoms with Gasteiger partial charge >= 0.3 is 11.7 Å². The van der Waals surface area contributed by atoms with Crippen molar-refractivity contribution in [3.05, 3.63) is 56.5 Å². The number of esters is 1. The van der Waals surface area contributed by atoms with Crippen molar-refractivity contribution in [3.63, 3.8) is 0 Å². The SMILES string of the molecule is CCCCn1c(=O)[nH]c(=O)c2c1nc(COC(=O)CN(c1ccccc1C)S(C)(=O)=O)n2C. The maximum atomic E-state index is 12.5. The number of carbonyl (C=O) groups is 1. The number of para-hydroxylation sites is 1. The molecule has 0 aliphatic carbocycles. The molecule has 1 aromatic carbocycles. The van der Waals surface area contributed by atoms with Gasteiger partial charge in [0.25, 0.3) is 5.56 Å². The Morgan fingerprint density at radius 2 is 1.94 bits per heavy atom. The molecular formula is C21H27N5O6S. The summed E-state index contributed by atoms with van der Waals surface area (Å²) in [7, 11) is -2.16. The number of H-pyrrole nitrogens is 1. The summed E-state index contributed by atoms with van der Waals surface area (Å²) >= 11 is 0. The molecule has 3 aromatic rings. The van der Waals surface area contributed by atoms with Gasteiger partial charge in [0.2, 0.25) is 10.0 Å². The van der Waals surface area contributed by atoms with Crippen LogP contribution in [0.2, 0.25) is 0 Å². The lowest BCUT2D eigenvalue weighted by Gasteiger charge is -2.23. The zero-order valence-corrected chi connectivity index (χ0v) is 19.8. The molecule has 1 N–H and O–H groups in total. The molecule has 0 aliphatic rings. The normalized spacial score (nSPS) is 11.6. The molecule has 2 heterocycles. The number of benzene rings is 1. The second-order valence-electron chi connectivity index (χ2n) is 7.74. The Kier molecular flexibility index (Phi) is 7.06. The van der Waals surface area contributed by atoms with Gasteiger partial charge in [0.05, 0.1) is 11.9 Å². The van der Waals surface area contributed by atoms with Crippen LogP contribution in [-0.4, -0.2) is 46.3 Å². The quantitative estimate of drug-likeness (QED) is 0.455. The first-order valence-electron chi connectivity index (χ1n) is 10.4. The van der Waals surface area contributed by atoms with Crippen LogP contribution in [0.5, 0.6) is 0 Å². The van der Waals surface area contributed by atoms with E-state index in [0.29, 0.717) is 17.8 Å². The zero-order valence-electron chi connectivity index (χ0n) is 19.0. The molecule has 0 saturated carbocycles. The molecule has 2 aromatic heterocycles. The van der Waals surface area contributed by atoms with Crippen molar-refractivity contribution in [2.75, 3.05) is 17.1 Å². The largest absolute Gasteiger partial charge is 0.456 e. The third kappa shape index (κ3) is 5.16. The summed E-state index contributed by atoms with van der Waals surface area (Å²) in [6.07, 6.45) is 2.59. The number of rotatable bonds is 9. The summed E-state index contributed by atoms with van der Waals surface area (Å²) in [6.45, 7) is 3.30. The van der Waals surface area contributed by atoms with E-state index in [2.05, 4.69) is 9.97 Å². The summed E-state index contributed by atoms with van der Waals surface area (Å²) in [5.41, 5.74) is 0.335. The molecule has 0 bridgehead atoms. The van der Waals surface area contributed by atoms with Crippen molar-refractivity contribution >= 4 is 32.8 Å². The second kappa shape index (κ2) is 9.61. The zero-order chi connectivity index (χ0) is 24.3. The minimum Gasteiger partial charge on any atom is -0.456 e. The minimum atomic E-state index is -3.74. The van der Waals surface area contributed by atoms with Crippen molar-refractivity contribution in [2.45, 2.75) is 39.8 Å². The number of anilines is 1. The molecule has 0 aliphatic heterocycles. The number of hydrogen-bond acceptors (Lipinski definition) is 7. The van der Waals surface area contributed by atoms with Crippen LogP contribution in [0.1, 0.15) is 31.2 Å². The van der Waals surface area contributed by atoms with E-state index in [0.717, 1.165) is 23.4 Å². The lowest BCUT2D eigenvalue weighted by Crippen LogP contribution is -2.36. The van der Waals surface area contributed by atoms with Crippen LogP contribution in [0.15, 0.2) is 33.9 Å². The van der Waals surface area contributed by atoms with Crippen molar-refractivity contribution in [1.29, 1.82) is 0 Å². The molecule has 12 heteroatoms. The lowest BCUT2D eigenvalue weighted by atomic mass is 10.2. The van der Waals surface area contributed by atoms with Gasteiger partial charge in [0, 0.05) is 13.6 Å². The molecular weight excluding hydrogens is 450 g/mol. The van der Waals surface area contributed by atoms with E-state index in [-0.39, 0.29) is 23.6 Å². The van der Waals surface area contributed by atoms with E-state index in [1.807, 2.05) is 6.92 Å². The number of nitrogens with one attached hydrogen (secondary N) is 1.